The number of benzene rings is 2. The number of anilines is 1. The van der Waals surface area contributed by atoms with Gasteiger partial charge >= 0.3 is 0 Å². The molecule has 0 atom stereocenters. The van der Waals surface area contributed by atoms with Crippen molar-refractivity contribution in [1.82, 2.24) is 30.5 Å². The first-order valence-electron chi connectivity index (χ1n) is 12.8. The van der Waals surface area contributed by atoms with E-state index in [4.69, 9.17) is 14.9 Å². The fourth-order valence-corrected chi connectivity index (χ4v) is 4.88. The number of hydrogen-bond acceptors (Lipinski definition) is 6. The molecule has 0 saturated carbocycles. The highest BCUT2D eigenvalue weighted by Crippen LogP contribution is 2.43. The molecule has 0 saturated heterocycles. The number of aromatic nitrogens is 5. The maximum atomic E-state index is 12.9. The van der Waals surface area contributed by atoms with E-state index in [0.717, 1.165) is 45.7 Å². The van der Waals surface area contributed by atoms with Crippen molar-refractivity contribution in [2.75, 3.05) is 11.4 Å². The summed E-state index contributed by atoms with van der Waals surface area (Å²) in [6.07, 6.45) is 3.43. The highest BCUT2D eigenvalue weighted by Gasteiger charge is 2.43. The van der Waals surface area contributed by atoms with Crippen LogP contribution in [0.15, 0.2) is 54.9 Å². The standard InChI is InChI=1S/C27H25N7O2.C2H4O2/c1-4-34-22-12-21-20(11-18(22)27(2,3)26(34)36)30-24(31-21)23-17-10-16(7-8-19(17)32-33-23)25(35)29-14-15-6-5-9-28-13-15;1-2(3)4/h5-13H,4,14H2,1-3H3,(H,29,35)(H,30,31)(H,32,33);1H3,(H,3,4). The summed E-state index contributed by atoms with van der Waals surface area (Å²) in [7, 11) is 0. The number of hydrogen-bond donors (Lipinski definition) is 4. The van der Waals surface area contributed by atoms with Crippen LogP contribution >= 0.6 is 0 Å². The zero-order chi connectivity index (χ0) is 28.6. The van der Waals surface area contributed by atoms with Crippen molar-refractivity contribution in [3.63, 3.8) is 0 Å². The molecule has 11 nitrogen and oxygen atoms in total. The van der Waals surface area contributed by atoms with Crippen LogP contribution in [0.25, 0.3) is 33.5 Å². The molecule has 4 N–H and O–H groups in total. The molecule has 0 bridgehead atoms. The topological polar surface area (TPSA) is 157 Å². The second kappa shape index (κ2) is 10.3. The van der Waals surface area contributed by atoms with E-state index in [1.165, 1.54) is 0 Å². The molecule has 0 aliphatic carbocycles. The number of aliphatic carboxylic acids is 1. The van der Waals surface area contributed by atoms with Crippen LogP contribution in [0.4, 0.5) is 5.69 Å². The molecule has 6 rings (SSSR count). The van der Waals surface area contributed by atoms with E-state index in [9.17, 15) is 9.59 Å². The van der Waals surface area contributed by atoms with Crippen LogP contribution in [0.1, 0.15) is 49.2 Å². The minimum Gasteiger partial charge on any atom is -0.481 e. The summed E-state index contributed by atoms with van der Waals surface area (Å²) in [5, 5.41) is 18.7. The number of H-pyrrole nitrogens is 2. The molecule has 3 aromatic heterocycles. The number of carbonyl (C=O) groups excluding carboxylic acids is 2. The van der Waals surface area contributed by atoms with E-state index in [0.29, 0.717) is 30.2 Å². The normalized spacial score (nSPS) is 13.7. The third-order valence-corrected chi connectivity index (χ3v) is 6.88. The monoisotopic (exact) mass is 539 g/mol. The molecule has 0 radical (unpaired) electrons. The number of rotatable bonds is 5. The predicted octanol–water partition coefficient (Wildman–Crippen LogP) is 4.17. The molecule has 5 aromatic rings. The van der Waals surface area contributed by atoms with E-state index in [2.05, 4.69) is 25.5 Å². The van der Waals surface area contributed by atoms with E-state index in [-0.39, 0.29) is 11.8 Å². The Balaban J connectivity index is 0.000000758. The number of likely N-dealkylation sites (N-methyl/N-ethyl adjacent to an activating group) is 1. The van der Waals surface area contributed by atoms with Crippen molar-refractivity contribution in [2.45, 2.75) is 39.7 Å². The third kappa shape index (κ3) is 4.77. The molecule has 40 heavy (non-hydrogen) atoms. The van der Waals surface area contributed by atoms with Gasteiger partial charge in [-0.2, -0.15) is 5.10 Å². The lowest BCUT2D eigenvalue weighted by atomic mass is 9.86. The summed E-state index contributed by atoms with van der Waals surface area (Å²) >= 11 is 0. The van der Waals surface area contributed by atoms with Gasteiger partial charge in [-0.05, 0) is 68.3 Å². The van der Waals surface area contributed by atoms with Gasteiger partial charge < -0.3 is 20.3 Å². The first-order valence-corrected chi connectivity index (χ1v) is 12.8. The SMILES string of the molecule is CC(=O)O.CCN1C(=O)C(C)(C)c2cc3[nH]c(-c4n[nH]c5ccc(C(=O)NCc6cccnc6)cc45)nc3cc21. The van der Waals surface area contributed by atoms with Gasteiger partial charge in [0, 0.05) is 43.4 Å². The molecule has 0 spiro atoms. The predicted molar refractivity (Wildman–Crippen MR) is 151 cm³/mol. The van der Waals surface area contributed by atoms with Gasteiger partial charge in [0.1, 0.15) is 5.69 Å². The third-order valence-electron chi connectivity index (χ3n) is 6.88. The van der Waals surface area contributed by atoms with Crippen LogP contribution < -0.4 is 10.2 Å². The number of carbonyl (C=O) groups is 3. The van der Waals surface area contributed by atoms with Gasteiger partial charge in [-0.3, -0.25) is 24.5 Å². The minimum atomic E-state index is -0.833. The zero-order valence-corrected chi connectivity index (χ0v) is 22.6. The molecule has 1 aliphatic heterocycles. The molecule has 204 valence electrons. The van der Waals surface area contributed by atoms with Gasteiger partial charge in [-0.1, -0.05) is 6.07 Å². The van der Waals surface area contributed by atoms with E-state index >= 15 is 0 Å². The summed E-state index contributed by atoms with van der Waals surface area (Å²) in [6.45, 7) is 7.96. The van der Waals surface area contributed by atoms with Gasteiger partial charge in [-0.25, -0.2) is 4.98 Å². The lowest BCUT2D eigenvalue weighted by Gasteiger charge is -2.18. The molecule has 2 aromatic carbocycles. The molecule has 2 amide bonds. The Morgan fingerprint density at radius 2 is 1.90 bits per heavy atom. The molecule has 0 unspecified atom stereocenters. The Labute approximate surface area is 229 Å². The molecule has 0 fully saturated rings. The van der Waals surface area contributed by atoms with Gasteiger partial charge in [-0.15, -0.1) is 0 Å². The summed E-state index contributed by atoms with van der Waals surface area (Å²) < 4.78 is 0. The van der Waals surface area contributed by atoms with Gasteiger partial charge in [0.15, 0.2) is 5.82 Å². The quantitative estimate of drug-likeness (QED) is 0.261. The average Bonchev–Trinajstić information content (AvgIpc) is 3.59. The van der Waals surface area contributed by atoms with Crippen LogP contribution in [0, 0.1) is 0 Å². The van der Waals surface area contributed by atoms with Crippen LogP contribution in [-0.4, -0.2) is 54.6 Å². The molecule has 1 aliphatic rings. The van der Waals surface area contributed by atoms with Crippen LogP contribution in [0.2, 0.25) is 0 Å². The smallest absolute Gasteiger partial charge is 0.300 e. The Kier molecular flexibility index (Phi) is 6.80. The lowest BCUT2D eigenvalue weighted by Crippen LogP contribution is -2.35. The number of aromatic amines is 2. The first-order chi connectivity index (χ1) is 19.1. The second-order valence-corrected chi connectivity index (χ2v) is 10.0. The van der Waals surface area contributed by atoms with Crippen molar-refractivity contribution >= 4 is 45.4 Å². The number of pyridine rings is 1. The number of carboxylic acids is 1. The van der Waals surface area contributed by atoms with Gasteiger partial charge in [0.2, 0.25) is 5.91 Å². The van der Waals surface area contributed by atoms with Crippen molar-refractivity contribution in [3.8, 4) is 11.5 Å². The van der Waals surface area contributed by atoms with Gasteiger partial charge in [0.05, 0.1) is 27.7 Å². The number of carboxylic acid groups (broad SMARTS) is 1. The number of fused-ring (bicyclic) bond motifs is 3. The van der Waals surface area contributed by atoms with Crippen LogP contribution in [0.3, 0.4) is 0 Å². The second-order valence-electron chi connectivity index (χ2n) is 10.0. The Morgan fingerprint density at radius 3 is 2.60 bits per heavy atom. The summed E-state index contributed by atoms with van der Waals surface area (Å²) in [5.74, 6) is -0.319. The maximum Gasteiger partial charge on any atom is 0.300 e. The van der Waals surface area contributed by atoms with E-state index in [1.54, 1.807) is 18.5 Å². The summed E-state index contributed by atoms with van der Waals surface area (Å²) in [5.41, 5.74) is 5.78. The minimum absolute atomic E-state index is 0.0977. The fraction of sp³-hybridized carbons (Fsp3) is 0.241. The molecular formula is C29H29N7O4. The maximum absolute atomic E-state index is 12.9. The van der Waals surface area contributed by atoms with Crippen molar-refractivity contribution in [2.24, 2.45) is 0 Å². The number of nitrogens with one attached hydrogen (secondary N) is 3. The highest BCUT2D eigenvalue weighted by molar-refractivity contribution is 6.09. The highest BCUT2D eigenvalue weighted by atomic mass is 16.4. The number of imidazole rings is 1. The van der Waals surface area contributed by atoms with E-state index < -0.39 is 11.4 Å². The van der Waals surface area contributed by atoms with Crippen molar-refractivity contribution < 1.29 is 19.5 Å². The lowest BCUT2D eigenvalue weighted by molar-refractivity contribution is -0.134. The zero-order valence-electron chi connectivity index (χ0n) is 22.6. The largest absolute Gasteiger partial charge is 0.481 e. The Hall–Kier alpha value is -5.06. The first kappa shape index (κ1) is 26.5. The average molecular weight is 540 g/mol. The molecular weight excluding hydrogens is 510 g/mol. The fourth-order valence-electron chi connectivity index (χ4n) is 4.88. The Bertz CT molecular complexity index is 1750. The molecule has 11 heteroatoms. The van der Waals surface area contributed by atoms with Crippen LogP contribution in [0.5, 0.6) is 0 Å². The molecule has 4 heterocycles. The van der Waals surface area contributed by atoms with Gasteiger partial charge in [0.25, 0.3) is 11.9 Å². The van der Waals surface area contributed by atoms with Crippen molar-refractivity contribution in [3.05, 3.63) is 71.5 Å². The summed E-state index contributed by atoms with van der Waals surface area (Å²) in [4.78, 5) is 48.7. The number of nitrogens with zero attached hydrogens (tertiary/aromatic N) is 4. The number of amides is 2. The van der Waals surface area contributed by atoms with Crippen LogP contribution in [-0.2, 0) is 21.5 Å². The van der Waals surface area contributed by atoms with E-state index in [1.807, 2.05) is 62.1 Å². The van der Waals surface area contributed by atoms with Crippen molar-refractivity contribution in [1.29, 1.82) is 0 Å². The summed E-state index contributed by atoms with van der Waals surface area (Å²) in [6, 6.07) is 13.2. The Morgan fingerprint density at radius 1 is 1.12 bits per heavy atom.